The van der Waals surface area contributed by atoms with Gasteiger partial charge in [-0.15, -0.1) is 11.3 Å². The van der Waals surface area contributed by atoms with Crippen molar-refractivity contribution in [3.05, 3.63) is 34.7 Å². The third-order valence-corrected chi connectivity index (χ3v) is 6.41. The molecule has 1 saturated heterocycles. The number of hydrogen-bond donors (Lipinski definition) is 0. The molecule has 0 saturated carbocycles. The second-order valence-corrected chi connectivity index (χ2v) is 8.34. The fraction of sp³-hybridized carbons (Fsp3) is 0.524. The lowest BCUT2D eigenvalue weighted by atomic mass is 9.93. The molecule has 0 radical (unpaired) electrons. The van der Waals surface area contributed by atoms with Gasteiger partial charge in [0, 0.05) is 38.5 Å². The van der Waals surface area contributed by atoms with Crippen LogP contribution < -0.4 is 0 Å². The van der Waals surface area contributed by atoms with Gasteiger partial charge in [-0.05, 0) is 42.7 Å². The van der Waals surface area contributed by atoms with Crippen molar-refractivity contribution >= 4 is 33.2 Å². The second kappa shape index (κ2) is 8.85. The van der Waals surface area contributed by atoms with Crippen LogP contribution in [0.4, 0.5) is 0 Å². The summed E-state index contributed by atoms with van der Waals surface area (Å²) in [6.07, 6.45) is 4.30. The number of likely N-dealkylation sites (tertiary alicyclic amines) is 1. The summed E-state index contributed by atoms with van der Waals surface area (Å²) in [7, 11) is 5.20. The Labute approximate surface area is 164 Å². The largest absolute Gasteiger partial charge is 0.384 e. The average molecular weight is 389 g/mol. The first-order chi connectivity index (χ1) is 13.0. The number of nitrogens with zero attached hydrogens (tertiary/aromatic N) is 2. The maximum atomic E-state index is 12.8. The van der Waals surface area contributed by atoms with Crippen LogP contribution in [0, 0.1) is 0 Å². The number of thiophene rings is 1. The van der Waals surface area contributed by atoms with Crippen molar-refractivity contribution in [1.29, 1.82) is 0 Å². The SMILES string of the molecule is COCCC(=O)N1CCCC[C@@H]1Cc1c(C(=O)N(C)C)sc2ccccc12. The minimum absolute atomic E-state index is 0.0410. The molecule has 0 aliphatic carbocycles. The van der Waals surface area contributed by atoms with Crippen LogP contribution in [-0.4, -0.2) is 62.0 Å². The molecule has 0 bridgehead atoms. The molecule has 3 rings (SSSR count). The summed E-state index contributed by atoms with van der Waals surface area (Å²) in [4.78, 5) is 29.9. The highest BCUT2D eigenvalue weighted by Gasteiger charge is 2.29. The molecule has 2 heterocycles. The van der Waals surface area contributed by atoms with Crippen molar-refractivity contribution in [2.75, 3.05) is 34.4 Å². The molecular weight excluding hydrogens is 360 g/mol. The molecule has 1 aromatic heterocycles. The molecule has 1 fully saturated rings. The van der Waals surface area contributed by atoms with E-state index < -0.39 is 0 Å². The monoisotopic (exact) mass is 388 g/mol. The first-order valence-corrected chi connectivity index (χ1v) is 10.3. The van der Waals surface area contributed by atoms with E-state index in [1.54, 1.807) is 37.4 Å². The van der Waals surface area contributed by atoms with Crippen LogP contribution >= 0.6 is 11.3 Å². The molecule has 27 heavy (non-hydrogen) atoms. The Morgan fingerprint density at radius 2 is 2.04 bits per heavy atom. The highest BCUT2D eigenvalue weighted by molar-refractivity contribution is 7.21. The number of rotatable bonds is 6. The van der Waals surface area contributed by atoms with Gasteiger partial charge in [0.1, 0.15) is 0 Å². The summed E-state index contributed by atoms with van der Waals surface area (Å²) in [5.41, 5.74) is 1.09. The van der Waals surface area contributed by atoms with Crippen LogP contribution in [0.1, 0.15) is 40.9 Å². The second-order valence-electron chi connectivity index (χ2n) is 7.29. The number of benzene rings is 1. The Balaban J connectivity index is 1.92. The van der Waals surface area contributed by atoms with Crippen molar-refractivity contribution in [3.63, 3.8) is 0 Å². The number of carbonyl (C=O) groups excluding carboxylic acids is 2. The zero-order valence-electron chi connectivity index (χ0n) is 16.4. The van der Waals surface area contributed by atoms with Crippen LogP contribution in [0.3, 0.4) is 0 Å². The van der Waals surface area contributed by atoms with Crippen molar-refractivity contribution < 1.29 is 14.3 Å². The van der Waals surface area contributed by atoms with Gasteiger partial charge >= 0.3 is 0 Å². The van der Waals surface area contributed by atoms with Crippen molar-refractivity contribution in [2.45, 2.75) is 38.1 Å². The Kier molecular flexibility index (Phi) is 6.50. The van der Waals surface area contributed by atoms with Gasteiger partial charge in [-0.25, -0.2) is 0 Å². The molecule has 146 valence electrons. The molecule has 1 aliphatic heterocycles. The normalized spacial score (nSPS) is 17.3. The molecule has 5 nitrogen and oxygen atoms in total. The molecule has 6 heteroatoms. The van der Waals surface area contributed by atoms with Gasteiger partial charge in [0.25, 0.3) is 5.91 Å². The molecule has 2 aromatic rings. The summed E-state index contributed by atoms with van der Waals surface area (Å²) >= 11 is 1.56. The summed E-state index contributed by atoms with van der Waals surface area (Å²) in [6, 6.07) is 8.33. The highest BCUT2D eigenvalue weighted by Crippen LogP contribution is 2.35. The number of amides is 2. The molecular formula is C21H28N2O3S. The van der Waals surface area contributed by atoms with Gasteiger partial charge in [0.05, 0.1) is 17.9 Å². The van der Waals surface area contributed by atoms with Crippen LogP contribution in [0.15, 0.2) is 24.3 Å². The topological polar surface area (TPSA) is 49.9 Å². The van der Waals surface area contributed by atoms with E-state index in [0.717, 1.165) is 52.8 Å². The summed E-state index contributed by atoms with van der Waals surface area (Å²) < 4.78 is 6.21. The highest BCUT2D eigenvalue weighted by atomic mass is 32.1. The van der Waals surface area contributed by atoms with Crippen LogP contribution in [0.2, 0.25) is 0 Å². The first-order valence-electron chi connectivity index (χ1n) is 9.53. The fourth-order valence-corrected chi connectivity index (χ4v) is 5.04. The maximum Gasteiger partial charge on any atom is 0.263 e. The van der Waals surface area contributed by atoms with Gasteiger partial charge in [-0.1, -0.05) is 18.2 Å². The van der Waals surface area contributed by atoms with Crippen LogP contribution in [-0.2, 0) is 16.0 Å². The minimum Gasteiger partial charge on any atom is -0.384 e. The molecule has 0 spiro atoms. The van der Waals surface area contributed by atoms with E-state index in [-0.39, 0.29) is 17.9 Å². The number of hydrogen-bond acceptors (Lipinski definition) is 4. The van der Waals surface area contributed by atoms with Crippen LogP contribution in [0.25, 0.3) is 10.1 Å². The quantitative estimate of drug-likeness (QED) is 0.760. The number of ether oxygens (including phenoxy) is 1. The first kappa shape index (κ1) is 19.8. The predicted molar refractivity (Wildman–Crippen MR) is 109 cm³/mol. The molecule has 1 aliphatic rings. The van der Waals surface area contributed by atoms with E-state index in [2.05, 4.69) is 12.1 Å². The van der Waals surface area contributed by atoms with Crippen LogP contribution in [0.5, 0.6) is 0 Å². The summed E-state index contributed by atoms with van der Waals surface area (Å²) in [5, 5.41) is 1.14. The zero-order valence-corrected chi connectivity index (χ0v) is 17.2. The van der Waals surface area contributed by atoms with E-state index >= 15 is 0 Å². The predicted octanol–water partition coefficient (Wildman–Crippen LogP) is 3.56. The van der Waals surface area contributed by atoms with Gasteiger partial charge in [-0.3, -0.25) is 9.59 Å². The molecule has 1 aromatic carbocycles. The standard InChI is InChI=1S/C21H28N2O3S/c1-22(2)21(25)20-17(16-9-4-5-10-18(16)27-20)14-15-8-6-7-12-23(15)19(24)11-13-26-3/h4-5,9-10,15H,6-8,11-14H2,1-3H3/t15-/m1/s1. The Hall–Kier alpha value is -1.92. The minimum atomic E-state index is 0.0410. The summed E-state index contributed by atoms with van der Waals surface area (Å²) in [5.74, 6) is 0.195. The Morgan fingerprint density at radius 3 is 2.78 bits per heavy atom. The molecule has 1 atom stereocenters. The van der Waals surface area contributed by atoms with Gasteiger partial charge < -0.3 is 14.5 Å². The Bertz CT molecular complexity index is 815. The smallest absolute Gasteiger partial charge is 0.263 e. The zero-order chi connectivity index (χ0) is 19.4. The van der Waals surface area contributed by atoms with E-state index in [0.29, 0.717) is 13.0 Å². The number of fused-ring (bicyclic) bond motifs is 1. The summed E-state index contributed by atoms with van der Waals surface area (Å²) in [6.45, 7) is 1.25. The maximum absolute atomic E-state index is 12.8. The van der Waals surface area contributed by atoms with E-state index in [4.69, 9.17) is 4.74 Å². The fourth-order valence-electron chi connectivity index (χ4n) is 3.79. The average Bonchev–Trinajstić information content (AvgIpc) is 3.04. The molecule has 0 unspecified atom stereocenters. The Morgan fingerprint density at radius 1 is 1.26 bits per heavy atom. The molecule has 0 N–H and O–H groups in total. The third kappa shape index (κ3) is 4.33. The van der Waals surface area contributed by atoms with Gasteiger partial charge in [-0.2, -0.15) is 0 Å². The lowest BCUT2D eigenvalue weighted by molar-refractivity contribution is -0.135. The number of piperidine rings is 1. The van der Waals surface area contributed by atoms with Gasteiger partial charge in [0.15, 0.2) is 0 Å². The number of methoxy groups -OCH3 is 1. The van der Waals surface area contributed by atoms with E-state index in [1.165, 1.54) is 0 Å². The van der Waals surface area contributed by atoms with E-state index in [1.807, 2.05) is 17.0 Å². The van der Waals surface area contributed by atoms with Crippen molar-refractivity contribution in [1.82, 2.24) is 9.80 Å². The lowest BCUT2D eigenvalue weighted by Crippen LogP contribution is -2.45. The van der Waals surface area contributed by atoms with Crippen molar-refractivity contribution in [2.24, 2.45) is 0 Å². The van der Waals surface area contributed by atoms with Gasteiger partial charge in [0.2, 0.25) is 5.91 Å². The third-order valence-electron chi connectivity index (χ3n) is 5.21. The lowest BCUT2D eigenvalue weighted by Gasteiger charge is -2.36. The molecule has 2 amide bonds. The number of carbonyl (C=O) groups is 2. The van der Waals surface area contributed by atoms with E-state index in [9.17, 15) is 9.59 Å². The van der Waals surface area contributed by atoms with Crippen molar-refractivity contribution in [3.8, 4) is 0 Å².